The standard InChI is InChI=1S/C14H19N3O2S/c1-14(2,3)15-13-9-12(16-17-13)10-5-7-11(8-6-10)20(4,18)19/h5-9H,1-4H3,(H2,15,16,17). The Morgan fingerprint density at radius 3 is 2.25 bits per heavy atom. The van der Waals surface area contributed by atoms with Crippen LogP contribution in [0.5, 0.6) is 0 Å². The summed E-state index contributed by atoms with van der Waals surface area (Å²) in [5.41, 5.74) is 1.68. The SMILES string of the molecule is CC(C)(C)Nc1cc(-c2ccc(S(C)(=O)=O)cc2)[nH]n1. The molecule has 0 atom stereocenters. The van der Waals surface area contributed by atoms with E-state index in [0.717, 1.165) is 17.1 Å². The summed E-state index contributed by atoms with van der Waals surface area (Å²) in [7, 11) is -3.16. The molecule has 1 aromatic carbocycles. The molecule has 0 saturated carbocycles. The Morgan fingerprint density at radius 2 is 1.75 bits per heavy atom. The number of sulfone groups is 1. The van der Waals surface area contributed by atoms with E-state index in [9.17, 15) is 8.42 Å². The van der Waals surface area contributed by atoms with E-state index < -0.39 is 9.84 Å². The first-order valence-electron chi connectivity index (χ1n) is 6.29. The fraction of sp³-hybridized carbons (Fsp3) is 0.357. The maximum atomic E-state index is 11.4. The first kappa shape index (κ1) is 14.6. The lowest BCUT2D eigenvalue weighted by Gasteiger charge is -2.19. The zero-order valence-corrected chi connectivity index (χ0v) is 12.9. The minimum atomic E-state index is -3.16. The molecule has 5 nitrogen and oxygen atoms in total. The van der Waals surface area contributed by atoms with Gasteiger partial charge in [0.1, 0.15) is 5.82 Å². The van der Waals surface area contributed by atoms with Gasteiger partial charge in [0.2, 0.25) is 0 Å². The van der Waals surface area contributed by atoms with Crippen LogP contribution in [0.2, 0.25) is 0 Å². The highest BCUT2D eigenvalue weighted by atomic mass is 32.2. The number of anilines is 1. The van der Waals surface area contributed by atoms with E-state index in [1.54, 1.807) is 24.3 Å². The van der Waals surface area contributed by atoms with Crippen molar-refractivity contribution in [1.82, 2.24) is 10.2 Å². The van der Waals surface area contributed by atoms with Crippen molar-refractivity contribution in [3.05, 3.63) is 30.3 Å². The van der Waals surface area contributed by atoms with Crippen LogP contribution in [0.3, 0.4) is 0 Å². The van der Waals surface area contributed by atoms with Gasteiger partial charge in [0.15, 0.2) is 9.84 Å². The predicted molar refractivity (Wildman–Crippen MR) is 80.5 cm³/mol. The summed E-state index contributed by atoms with van der Waals surface area (Å²) < 4.78 is 22.8. The molecule has 0 radical (unpaired) electrons. The third-order valence-corrected chi connectivity index (χ3v) is 3.80. The van der Waals surface area contributed by atoms with Crippen LogP contribution in [0, 0.1) is 0 Å². The van der Waals surface area contributed by atoms with Gasteiger partial charge in [-0.05, 0) is 38.5 Å². The molecular weight excluding hydrogens is 274 g/mol. The van der Waals surface area contributed by atoms with Crippen molar-refractivity contribution in [3.63, 3.8) is 0 Å². The zero-order chi connectivity index (χ0) is 15.0. The van der Waals surface area contributed by atoms with Gasteiger partial charge in [0.25, 0.3) is 0 Å². The quantitative estimate of drug-likeness (QED) is 0.912. The van der Waals surface area contributed by atoms with Crippen LogP contribution in [-0.2, 0) is 9.84 Å². The maximum absolute atomic E-state index is 11.4. The molecule has 0 aliphatic rings. The summed E-state index contributed by atoms with van der Waals surface area (Å²) in [5.74, 6) is 0.764. The van der Waals surface area contributed by atoms with E-state index in [4.69, 9.17) is 0 Å². The average molecular weight is 293 g/mol. The molecule has 2 rings (SSSR count). The Hall–Kier alpha value is -1.82. The van der Waals surface area contributed by atoms with Crippen molar-refractivity contribution in [3.8, 4) is 11.3 Å². The molecule has 0 bridgehead atoms. The van der Waals surface area contributed by atoms with Crippen LogP contribution in [0.25, 0.3) is 11.3 Å². The summed E-state index contributed by atoms with van der Waals surface area (Å²) >= 11 is 0. The van der Waals surface area contributed by atoms with Gasteiger partial charge in [-0.15, -0.1) is 0 Å². The van der Waals surface area contributed by atoms with E-state index in [1.807, 2.05) is 6.07 Å². The highest BCUT2D eigenvalue weighted by Gasteiger charge is 2.12. The lowest BCUT2D eigenvalue weighted by Crippen LogP contribution is -2.26. The molecule has 20 heavy (non-hydrogen) atoms. The normalized spacial score (nSPS) is 12.4. The second kappa shape index (κ2) is 4.94. The van der Waals surface area contributed by atoms with Crippen LogP contribution >= 0.6 is 0 Å². The zero-order valence-electron chi connectivity index (χ0n) is 12.1. The van der Waals surface area contributed by atoms with E-state index in [2.05, 4.69) is 36.3 Å². The minimum Gasteiger partial charge on any atom is -0.364 e. The monoisotopic (exact) mass is 293 g/mol. The van der Waals surface area contributed by atoms with Gasteiger partial charge in [0.05, 0.1) is 10.6 Å². The highest BCUT2D eigenvalue weighted by Crippen LogP contribution is 2.23. The molecule has 0 fully saturated rings. The number of nitrogens with zero attached hydrogens (tertiary/aromatic N) is 1. The van der Waals surface area contributed by atoms with E-state index in [1.165, 1.54) is 6.26 Å². The molecule has 1 heterocycles. The summed E-state index contributed by atoms with van der Waals surface area (Å²) in [6.45, 7) is 6.17. The average Bonchev–Trinajstić information content (AvgIpc) is 2.74. The van der Waals surface area contributed by atoms with Crippen LogP contribution in [0.15, 0.2) is 35.2 Å². The molecule has 108 valence electrons. The number of nitrogens with one attached hydrogen (secondary N) is 2. The van der Waals surface area contributed by atoms with Crippen LogP contribution in [-0.4, -0.2) is 30.4 Å². The summed E-state index contributed by atoms with van der Waals surface area (Å²) in [6.07, 6.45) is 1.20. The number of H-pyrrole nitrogens is 1. The molecule has 0 aliphatic carbocycles. The van der Waals surface area contributed by atoms with Gasteiger partial charge in [0, 0.05) is 17.9 Å². The topological polar surface area (TPSA) is 74.8 Å². The van der Waals surface area contributed by atoms with Crippen LogP contribution in [0.4, 0.5) is 5.82 Å². The Morgan fingerprint density at radius 1 is 1.15 bits per heavy atom. The number of hydrogen-bond donors (Lipinski definition) is 2. The Labute approximate surface area is 119 Å². The Bertz CT molecular complexity index is 695. The van der Waals surface area contributed by atoms with Gasteiger partial charge in [-0.1, -0.05) is 12.1 Å². The number of hydrogen-bond acceptors (Lipinski definition) is 4. The van der Waals surface area contributed by atoms with Crippen LogP contribution in [0.1, 0.15) is 20.8 Å². The first-order chi connectivity index (χ1) is 9.15. The largest absolute Gasteiger partial charge is 0.364 e. The molecule has 0 saturated heterocycles. The van der Waals surface area contributed by atoms with Crippen molar-refractivity contribution in [2.45, 2.75) is 31.2 Å². The van der Waals surface area contributed by atoms with E-state index >= 15 is 0 Å². The summed E-state index contributed by atoms with van der Waals surface area (Å²) in [5, 5.41) is 10.4. The smallest absolute Gasteiger partial charge is 0.175 e. The molecule has 0 unspecified atom stereocenters. The molecule has 0 spiro atoms. The number of rotatable bonds is 3. The third-order valence-electron chi connectivity index (χ3n) is 2.67. The van der Waals surface area contributed by atoms with Crippen molar-refractivity contribution < 1.29 is 8.42 Å². The van der Waals surface area contributed by atoms with Crippen LogP contribution < -0.4 is 5.32 Å². The fourth-order valence-corrected chi connectivity index (χ4v) is 2.43. The van der Waals surface area contributed by atoms with Gasteiger partial charge in [-0.25, -0.2) is 8.42 Å². The van der Waals surface area contributed by atoms with Crippen molar-refractivity contribution >= 4 is 15.7 Å². The first-order valence-corrected chi connectivity index (χ1v) is 8.18. The molecule has 6 heteroatoms. The van der Waals surface area contributed by atoms with E-state index in [-0.39, 0.29) is 5.54 Å². The van der Waals surface area contributed by atoms with Crippen molar-refractivity contribution in [2.75, 3.05) is 11.6 Å². The fourth-order valence-electron chi connectivity index (χ4n) is 1.80. The van der Waals surface area contributed by atoms with Gasteiger partial charge in [-0.3, -0.25) is 5.10 Å². The Balaban J connectivity index is 2.25. The summed E-state index contributed by atoms with van der Waals surface area (Å²) in [4.78, 5) is 0.314. The summed E-state index contributed by atoms with van der Waals surface area (Å²) in [6, 6.07) is 8.64. The number of aromatic amines is 1. The van der Waals surface area contributed by atoms with Crippen molar-refractivity contribution in [2.24, 2.45) is 0 Å². The van der Waals surface area contributed by atoms with E-state index in [0.29, 0.717) is 4.90 Å². The minimum absolute atomic E-state index is 0.0629. The predicted octanol–water partition coefficient (Wildman–Crippen LogP) is 2.69. The molecule has 0 aliphatic heterocycles. The molecule has 0 amide bonds. The molecule has 2 aromatic rings. The third kappa shape index (κ3) is 3.60. The van der Waals surface area contributed by atoms with Gasteiger partial charge in [-0.2, -0.15) is 5.10 Å². The van der Waals surface area contributed by atoms with Gasteiger partial charge < -0.3 is 5.32 Å². The lowest BCUT2D eigenvalue weighted by atomic mass is 10.1. The second-order valence-electron chi connectivity index (χ2n) is 5.84. The lowest BCUT2D eigenvalue weighted by molar-refractivity contribution is 0.602. The molecular formula is C14H19N3O2S. The maximum Gasteiger partial charge on any atom is 0.175 e. The highest BCUT2D eigenvalue weighted by molar-refractivity contribution is 7.90. The van der Waals surface area contributed by atoms with Gasteiger partial charge >= 0.3 is 0 Å². The number of aromatic nitrogens is 2. The molecule has 2 N–H and O–H groups in total. The van der Waals surface area contributed by atoms with Crippen molar-refractivity contribution in [1.29, 1.82) is 0 Å². The second-order valence-corrected chi connectivity index (χ2v) is 7.85. The molecule has 1 aromatic heterocycles. The Kier molecular flexibility index (Phi) is 3.60. The number of benzene rings is 1.